The van der Waals surface area contributed by atoms with Crippen LogP contribution in [0.15, 0.2) is 34.5 Å². The average molecular weight is 417 g/mol. The number of amidine groups is 1. The zero-order valence-corrected chi connectivity index (χ0v) is 16.5. The fourth-order valence-corrected chi connectivity index (χ4v) is 3.67. The van der Waals surface area contributed by atoms with Crippen LogP contribution in [0.5, 0.6) is 0 Å². The van der Waals surface area contributed by atoms with Crippen molar-refractivity contribution in [2.45, 2.75) is 26.3 Å². The first-order valence-corrected chi connectivity index (χ1v) is 9.60. The second-order valence-corrected chi connectivity index (χ2v) is 7.22. The van der Waals surface area contributed by atoms with Crippen LogP contribution in [0, 0.1) is 0 Å². The van der Waals surface area contributed by atoms with Gasteiger partial charge in [0.2, 0.25) is 0 Å². The van der Waals surface area contributed by atoms with Crippen molar-refractivity contribution in [2.24, 2.45) is 4.99 Å². The smallest absolute Gasteiger partial charge is 0.338 e. The maximum atomic E-state index is 12.4. The van der Waals surface area contributed by atoms with Crippen molar-refractivity contribution in [2.75, 3.05) is 12.4 Å². The summed E-state index contributed by atoms with van der Waals surface area (Å²) >= 11 is 13.7. The number of halogens is 2. The van der Waals surface area contributed by atoms with Crippen LogP contribution in [-0.2, 0) is 14.3 Å². The minimum Gasteiger partial charge on any atom is -0.481 e. The number of thioether (sulfide) groups is 1. The van der Waals surface area contributed by atoms with E-state index in [1.165, 1.54) is 11.8 Å². The lowest BCUT2D eigenvalue weighted by Gasteiger charge is -2.26. The molecule has 1 aromatic carbocycles. The van der Waals surface area contributed by atoms with E-state index in [-0.39, 0.29) is 13.0 Å². The van der Waals surface area contributed by atoms with Crippen molar-refractivity contribution in [3.63, 3.8) is 0 Å². The fraction of sp³-hybridized carbons (Fsp3) is 0.353. The number of esters is 1. The van der Waals surface area contributed by atoms with Gasteiger partial charge in [0.1, 0.15) is 6.04 Å². The Morgan fingerprint density at radius 3 is 2.77 bits per heavy atom. The number of carbonyl (C=O) groups excluding carboxylic acids is 1. The van der Waals surface area contributed by atoms with Crippen LogP contribution in [-0.4, -0.2) is 34.6 Å². The van der Waals surface area contributed by atoms with E-state index in [0.29, 0.717) is 37.8 Å². The third-order valence-corrected chi connectivity index (χ3v) is 5.27. The van der Waals surface area contributed by atoms with Crippen molar-refractivity contribution in [1.29, 1.82) is 0 Å². The number of carboxylic acid groups (broad SMARTS) is 1. The average Bonchev–Trinajstić information content (AvgIpc) is 2.56. The van der Waals surface area contributed by atoms with Gasteiger partial charge in [-0.05, 0) is 19.9 Å². The van der Waals surface area contributed by atoms with Crippen LogP contribution in [0.4, 0.5) is 0 Å². The SMILES string of the molecule is CCOC(=O)C1=C(C)NC(SCCC(=O)O)=N[C@@H]1c1cccc(Cl)c1Cl. The molecule has 9 heteroatoms. The summed E-state index contributed by atoms with van der Waals surface area (Å²) in [6.07, 6.45) is 0.00144. The number of nitrogens with zero attached hydrogens (tertiary/aromatic N) is 1. The van der Waals surface area contributed by atoms with Crippen LogP contribution in [0.1, 0.15) is 31.9 Å². The molecule has 0 aromatic heterocycles. The summed E-state index contributed by atoms with van der Waals surface area (Å²) in [7, 11) is 0. The van der Waals surface area contributed by atoms with E-state index < -0.39 is 18.0 Å². The van der Waals surface area contributed by atoms with Gasteiger partial charge in [-0.25, -0.2) is 9.79 Å². The zero-order chi connectivity index (χ0) is 19.3. The summed E-state index contributed by atoms with van der Waals surface area (Å²) in [5.74, 6) is -1.03. The molecule has 0 bridgehead atoms. The Morgan fingerprint density at radius 1 is 1.38 bits per heavy atom. The second kappa shape index (κ2) is 9.30. The summed E-state index contributed by atoms with van der Waals surface area (Å²) in [6, 6.07) is 4.45. The quantitative estimate of drug-likeness (QED) is 0.680. The van der Waals surface area contributed by atoms with Crippen molar-refractivity contribution >= 4 is 52.1 Å². The van der Waals surface area contributed by atoms with Crippen LogP contribution in [0.25, 0.3) is 0 Å². The first kappa shape index (κ1) is 20.6. The summed E-state index contributed by atoms with van der Waals surface area (Å²) in [5, 5.41) is 13.0. The summed E-state index contributed by atoms with van der Waals surface area (Å²) in [6.45, 7) is 3.70. The maximum absolute atomic E-state index is 12.4. The first-order valence-electron chi connectivity index (χ1n) is 7.86. The van der Waals surface area contributed by atoms with Gasteiger partial charge in [0.25, 0.3) is 0 Å². The Hall–Kier alpha value is -1.70. The number of carboxylic acids is 1. The Balaban J connectivity index is 2.41. The van der Waals surface area contributed by atoms with E-state index in [1.54, 1.807) is 32.0 Å². The van der Waals surface area contributed by atoms with E-state index in [1.807, 2.05) is 0 Å². The molecular weight excluding hydrogens is 399 g/mol. The normalized spacial score (nSPS) is 16.8. The van der Waals surface area contributed by atoms with Crippen molar-refractivity contribution < 1.29 is 19.4 Å². The number of allylic oxidation sites excluding steroid dienone is 1. The predicted octanol–water partition coefficient (Wildman–Crippen LogP) is 4.04. The number of aliphatic imine (C=N–C) groups is 1. The van der Waals surface area contributed by atoms with E-state index in [9.17, 15) is 9.59 Å². The summed E-state index contributed by atoms with van der Waals surface area (Å²) in [5.41, 5.74) is 1.51. The van der Waals surface area contributed by atoms with Gasteiger partial charge in [-0.3, -0.25) is 4.79 Å². The highest BCUT2D eigenvalue weighted by Gasteiger charge is 2.32. The molecule has 0 saturated carbocycles. The number of aliphatic carboxylic acids is 1. The number of benzene rings is 1. The van der Waals surface area contributed by atoms with Crippen molar-refractivity contribution in [3.8, 4) is 0 Å². The van der Waals surface area contributed by atoms with Crippen molar-refractivity contribution in [1.82, 2.24) is 5.32 Å². The molecule has 140 valence electrons. The number of rotatable bonds is 6. The minimum atomic E-state index is -0.886. The number of nitrogens with one attached hydrogen (secondary N) is 1. The molecular formula is C17H18Cl2N2O4S. The topological polar surface area (TPSA) is 88.0 Å². The highest BCUT2D eigenvalue weighted by atomic mass is 35.5. The molecule has 0 saturated heterocycles. The molecule has 1 aliphatic rings. The zero-order valence-electron chi connectivity index (χ0n) is 14.2. The fourth-order valence-electron chi connectivity index (χ4n) is 2.39. The molecule has 2 rings (SSSR count). The number of hydrogen-bond donors (Lipinski definition) is 2. The molecule has 0 unspecified atom stereocenters. The minimum absolute atomic E-state index is 0.00144. The Bertz CT molecular complexity index is 780. The van der Waals surface area contributed by atoms with Crippen molar-refractivity contribution in [3.05, 3.63) is 45.1 Å². The highest BCUT2D eigenvalue weighted by molar-refractivity contribution is 8.13. The summed E-state index contributed by atoms with van der Waals surface area (Å²) in [4.78, 5) is 27.7. The first-order chi connectivity index (χ1) is 12.3. The largest absolute Gasteiger partial charge is 0.481 e. The van der Waals surface area contributed by atoms with E-state index in [0.717, 1.165) is 0 Å². The number of hydrogen-bond acceptors (Lipinski definition) is 6. The van der Waals surface area contributed by atoms with Gasteiger partial charge >= 0.3 is 11.9 Å². The lowest BCUT2D eigenvalue weighted by Crippen LogP contribution is -2.31. The van der Waals surface area contributed by atoms with Gasteiger partial charge < -0.3 is 15.2 Å². The van der Waals surface area contributed by atoms with E-state index in [2.05, 4.69) is 10.3 Å². The molecule has 1 aromatic rings. The lowest BCUT2D eigenvalue weighted by molar-refractivity contribution is -0.139. The van der Waals surface area contributed by atoms with Crippen LogP contribution < -0.4 is 5.32 Å². The van der Waals surface area contributed by atoms with Gasteiger partial charge in [-0.1, -0.05) is 47.1 Å². The number of ether oxygens (including phenoxy) is 1. The molecule has 1 heterocycles. The van der Waals surface area contributed by atoms with Gasteiger partial charge in [0.15, 0.2) is 5.17 Å². The van der Waals surface area contributed by atoms with Crippen LogP contribution in [0.2, 0.25) is 10.0 Å². The standard InChI is InChI=1S/C17H18Cl2N2O4S/c1-3-25-16(24)13-9(2)20-17(26-8-7-12(22)23)21-15(13)10-5-4-6-11(18)14(10)19/h4-6,15H,3,7-8H2,1-2H3,(H,20,21)(H,22,23)/t15-/m1/s1. The lowest BCUT2D eigenvalue weighted by atomic mass is 9.96. The molecule has 1 aliphatic heterocycles. The van der Waals surface area contributed by atoms with Gasteiger partial charge in [0.05, 0.1) is 28.6 Å². The second-order valence-electron chi connectivity index (χ2n) is 5.36. The molecule has 0 fully saturated rings. The molecule has 0 amide bonds. The molecule has 0 spiro atoms. The molecule has 0 aliphatic carbocycles. The molecule has 0 radical (unpaired) electrons. The maximum Gasteiger partial charge on any atom is 0.338 e. The predicted molar refractivity (Wildman–Crippen MR) is 104 cm³/mol. The highest BCUT2D eigenvalue weighted by Crippen LogP contribution is 2.39. The Morgan fingerprint density at radius 2 is 2.12 bits per heavy atom. The van der Waals surface area contributed by atoms with E-state index >= 15 is 0 Å². The monoisotopic (exact) mass is 416 g/mol. The van der Waals surface area contributed by atoms with Gasteiger partial charge in [0, 0.05) is 17.0 Å². The third kappa shape index (κ3) is 4.93. The van der Waals surface area contributed by atoms with E-state index in [4.69, 9.17) is 33.0 Å². The van der Waals surface area contributed by atoms with Crippen LogP contribution >= 0.6 is 35.0 Å². The Labute approximate surface area is 165 Å². The third-order valence-electron chi connectivity index (χ3n) is 3.54. The molecule has 6 nitrogen and oxygen atoms in total. The Kier molecular flexibility index (Phi) is 7.37. The molecule has 1 atom stereocenters. The summed E-state index contributed by atoms with van der Waals surface area (Å²) < 4.78 is 5.15. The molecule has 26 heavy (non-hydrogen) atoms. The van der Waals surface area contributed by atoms with Gasteiger partial charge in [-0.15, -0.1) is 0 Å². The number of carbonyl (C=O) groups is 2. The van der Waals surface area contributed by atoms with Gasteiger partial charge in [-0.2, -0.15) is 0 Å². The molecule has 2 N–H and O–H groups in total. The van der Waals surface area contributed by atoms with Crippen LogP contribution in [0.3, 0.4) is 0 Å².